The van der Waals surface area contributed by atoms with Crippen molar-refractivity contribution in [1.29, 1.82) is 0 Å². The van der Waals surface area contributed by atoms with Crippen molar-refractivity contribution in [2.45, 2.75) is 37.6 Å². The first-order chi connectivity index (χ1) is 8.33. The number of rotatable bonds is 3. The Labute approximate surface area is 100.0 Å². The maximum absolute atomic E-state index is 11.7. The normalized spacial score (nSPS) is 24.6. The molecule has 1 saturated carbocycles. The Bertz CT molecular complexity index is 406. The van der Waals surface area contributed by atoms with Gasteiger partial charge in [-0.3, -0.25) is 4.79 Å². The lowest BCUT2D eigenvalue weighted by Crippen LogP contribution is -2.29. The summed E-state index contributed by atoms with van der Waals surface area (Å²) in [5.41, 5.74) is 0.414. The number of amides is 1. The van der Waals surface area contributed by atoms with Crippen LogP contribution in [-0.2, 0) is 0 Å². The van der Waals surface area contributed by atoms with Crippen molar-refractivity contribution in [1.82, 2.24) is 15.6 Å². The molecule has 1 amide bonds. The third-order valence-electron chi connectivity index (χ3n) is 3.31. The number of aromatic nitrogens is 1. The number of oxazole rings is 1. The second kappa shape index (κ2) is 4.49. The number of hydrogen-bond donors (Lipinski definition) is 2. The molecule has 1 aliphatic heterocycles. The van der Waals surface area contributed by atoms with Crippen LogP contribution in [0.15, 0.2) is 10.7 Å². The molecule has 5 nitrogen and oxygen atoms in total. The lowest BCUT2D eigenvalue weighted by molar-refractivity contribution is 0.0946. The van der Waals surface area contributed by atoms with Crippen LogP contribution in [0.1, 0.15) is 48.0 Å². The fourth-order valence-corrected chi connectivity index (χ4v) is 2.13. The van der Waals surface area contributed by atoms with Crippen molar-refractivity contribution in [3.05, 3.63) is 17.8 Å². The summed E-state index contributed by atoms with van der Waals surface area (Å²) in [7, 11) is 0. The highest BCUT2D eigenvalue weighted by Gasteiger charge is 2.26. The maximum Gasteiger partial charge on any atom is 0.273 e. The molecule has 1 aliphatic carbocycles. The first kappa shape index (κ1) is 10.8. The average molecular weight is 235 g/mol. The van der Waals surface area contributed by atoms with E-state index in [2.05, 4.69) is 15.6 Å². The van der Waals surface area contributed by atoms with E-state index in [1.165, 1.54) is 6.26 Å². The summed E-state index contributed by atoms with van der Waals surface area (Å²) in [5, 5.41) is 6.22. The zero-order chi connectivity index (χ0) is 11.7. The molecule has 2 N–H and O–H groups in total. The Balaban J connectivity index is 1.65. The summed E-state index contributed by atoms with van der Waals surface area (Å²) in [6.07, 6.45) is 5.86. The molecule has 1 aromatic rings. The van der Waals surface area contributed by atoms with E-state index in [0.717, 1.165) is 38.8 Å². The lowest BCUT2D eigenvalue weighted by atomic mass is 10.00. The van der Waals surface area contributed by atoms with E-state index < -0.39 is 0 Å². The molecule has 1 atom stereocenters. The first-order valence-corrected chi connectivity index (χ1v) is 6.30. The minimum Gasteiger partial charge on any atom is -0.448 e. The molecule has 1 aromatic heterocycles. The molecule has 92 valence electrons. The quantitative estimate of drug-likeness (QED) is 0.821. The van der Waals surface area contributed by atoms with Gasteiger partial charge < -0.3 is 15.1 Å². The second-order valence-electron chi connectivity index (χ2n) is 4.86. The fraction of sp³-hybridized carbons (Fsp3) is 0.667. The van der Waals surface area contributed by atoms with Crippen LogP contribution in [0.4, 0.5) is 0 Å². The van der Waals surface area contributed by atoms with Crippen molar-refractivity contribution in [3.8, 4) is 0 Å². The number of carbonyl (C=O) groups excluding carboxylic acids is 1. The van der Waals surface area contributed by atoms with Gasteiger partial charge in [-0.15, -0.1) is 0 Å². The zero-order valence-electron chi connectivity index (χ0n) is 9.74. The van der Waals surface area contributed by atoms with Crippen LogP contribution in [0.5, 0.6) is 0 Å². The van der Waals surface area contributed by atoms with Gasteiger partial charge in [0.05, 0.1) is 0 Å². The summed E-state index contributed by atoms with van der Waals surface area (Å²) in [6.45, 7) is 1.95. The Kier molecular flexibility index (Phi) is 2.84. The molecule has 5 heteroatoms. The van der Waals surface area contributed by atoms with E-state index >= 15 is 0 Å². The monoisotopic (exact) mass is 235 g/mol. The van der Waals surface area contributed by atoms with Crippen LogP contribution in [0.2, 0.25) is 0 Å². The van der Waals surface area contributed by atoms with Crippen LogP contribution in [0.25, 0.3) is 0 Å². The Morgan fingerprint density at radius 2 is 2.35 bits per heavy atom. The molecule has 2 aliphatic rings. The molecule has 0 bridgehead atoms. The molecule has 0 radical (unpaired) electrons. The SMILES string of the molecule is O=C(NC1CC1)c1coc(C2CCCNC2)n1. The van der Waals surface area contributed by atoms with Gasteiger partial charge in [-0.05, 0) is 32.2 Å². The van der Waals surface area contributed by atoms with Crippen molar-refractivity contribution >= 4 is 5.91 Å². The van der Waals surface area contributed by atoms with E-state index in [1.54, 1.807) is 0 Å². The van der Waals surface area contributed by atoms with Crippen molar-refractivity contribution in [2.24, 2.45) is 0 Å². The number of hydrogen-bond acceptors (Lipinski definition) is 4. The van der Waals surface area contributed by atoms with Crippen molar-refractivity contribution < 1.29 is 9.21 Å². The zero-order valence-corrected chi connectivity index (χ0v) is 9.74. The van der Waals surface area contributed by atoms with Crippen LogP contribution in [0.3, 0.4) is 0 Å². The minimum absolute atomic E-state index is 0.105. The van der Waals surface area contributed by atoms with E-state index in [4.69, 9.17) is 4.42 Å². The summed E-state index contributed by atoms with van der Waals surface area (Å²) < 4.78 is 5.42. The summed E-state index contributed by atoms with van der Waals surface area (Å²) in [6, 6.07) is 0.360. The Morgan fingerprint density at radius 3 is 3.06 bits per heavy atom. The van der Waals surface area contributed by atoms with Gasteiger partial charge in [0.15, 0.2) is 11.6 Å². The van der Waals surface area contributed by atoms with E-state index in [9.17, 15) is 4.79 Å². The highest BCUT2D eigenvalue weighted by molar-refractivity contribution is 5.92. The topological polar surface area (TPSA) is 67.2 Å². The predicted molar refractivity (Wildman–Crippen MR) is 61.8 cm³/mol. The van der Waals surface area contributed by atoms with Crippen LogP contribution in [0, 0.1) is 0 Å². The fourth-order valence-electron chi connectivity index (χ4n) is 2.13. The molecule has 17 heavy (non-hydrogen) atoms. The predicted octanol–water partition coefficient (Wildman–Crippen LogP) is 1.03. The molecule has 0 spiro atoms. The Morgan fingerprint density at radius 1 is 1.47 bits per heavy atom. The van der Waals surface area contributed by atoms with Gasteiger partial charge >= 0.3 is 0 Å². The number of nitrogens with zero attached hydrogens (tertiary/aromatic N) is 1. The van der Waals surface area contributed by atoms with E-state index in [1.807, 2.05) is 0 Å². The summed E-state index contributed by atoms with van der Waals surface area (Å²) in [5.74, 6) is 0.899. The van der Waals surface area contributed by atoms with Gasteiger partial charge in [-0.2, -0.15) is 0 Å². The molecular formula is C12H17N3O2. The van der Waals surface area contributed by atoms with Gasteiger partial charge in [0.1, 0.15) is 6.26 Å². The van der Waals surface area contributed by atoms with Crippen molar-refractivity contribution in [3.63, 3.8) is 0 Å². The molecule has 1 saturated heterocycles. The Hall–Kier alpha value is -1.36. The van der Waals surface area contributed by atoms with E-state index in [0.29, 0.717) is 23.5 Å². The van der Waals surface area contributed by atoms with Gasteiger partial charge in [0.25, 0.3) is 5.91 Å². The smallest absolute Gasteiger partial charge is 0.273 e. The number of nitrogens with one attached hydrogen (secondary N) is 2. The highest BCUT2D eigenvalue weighted by Crippen LogP contribution is 2.23. The third-order valence-corrected chi connectivity index (χ3v) is 3.31. The average Bonchev–Trinajstić information content (AvgIpc) is 3.04. The lowest BCUT2D eigenvalue weighted by Gasteiger charge is -2.19. The number of piperidine rings is 1. The van der Waals surface area contributed by atoms with Crippen LogP contribution < -0.4 is 10.6 Å². The molecular weight excluding hydrogens is 218 g/mol. The molecule has 0 aromatic carbocycles. The van der Waals surface area contributed by atoms with Gasteiger partial charge in [0.2, 0.25) is 0 Å². The summed E-state index contributed by atoms with van der Waals surface area (Å²) >= 11 is 0. The molecule has 1 unspecified atom stereocenters. The first-order valence-electron chi connectivity index (χ1n) is 6.30. The standard InChI is InChI=1S/C12H17N3O2/c16-11(14-9-3-4-9)10-7-17-12(15-10)8-2-1-5-13-6-8/h7-9,13H,1-6H2,(H,14,16). The number of carbonyl (C=O) groups is 1. The van der Waals surface area contributed by atoms with Gasteiger partial charge in [-0.25, -0.2) is 4.98 Å². The largest absolute Gasteiger partial charge is 0.448 e. The molecule has 3 rings (SSSR count). The minimum atomic E-state index is -0.105. The highest BCUT2D eigenvalue weighted by atomic mass is 16.3. The van der Waals surface area contributed by atoms with Crippen molar-refractivity contribution in [2.75, 3.05) is 13.1 Å². The van der Waals surface area contributed by atoms with Crippen LogP contribution in [-0.4, -0.2) is 30.0 Å². The molecule has 2 heterocycles. The molecule has 2 fully saturated rings. The van der Waals surface area contributed by atoms with Gasteiger partial charge in [0, 0.05) is 18.5 Å². The maximum atomic E-state index is 11.7. The van der Waals surface area contributed by atoms with Crippen LogP contribution >= 0.6 is 0 Å². The van der Waals surface area contributed by atoms with Gasteiger partial charge in [-0.1, -0.05) is 0 Å². The van der Waals surface area contributed by atoms with E-state index in [-0.39, 0.29) is 5.91 Å². The summed E-state index contributed by atoms with van der Waals surface area (Å²) in [4.78, 5) is 16.0. The third kappa shape index (κ3) is 2.49. The second-order valence-corrected chi connectivity index (χ2v) is 4.86.